The van der Waals surface area contributed by atoms with Gasteiger partial charge >= 0.3 is 5.97 Å². The molecule has 0 aliphatic heterocycles. The SMILES string of the molecule is CC(CC(=O)O)Sc1ccc(C#N)c([N+](=O)[O-])c1. The molecule has 0 saturated heterocycles. The van der Waals surface area contributed by atoms with Crippen LogP contribution in [0.4, 0.5) is 5.69 Å². The van der Waals surface area contributed by atoms with E-state index in [-0.39, 0.29) is 22.9 Å². The number of rotatable bonds is 5. The highest BCUT2D eigenvalue weighted by molar-refractivity contribution is 8.00. The van der Waals surface area contributed by atoms with Crippen LogP contribution in [0.3, 0.4) is 0 Å². The second-order valence-corrected chi connectivity index (χ2v) is 5.09. The van der Waals surface area contributed by atoms with Crippen LogP contribution in [0.25, 0.3) is 0 Å². The Morgan fingerprint density at radius 3 is 2.83 bits per heavy atom. The Kier molecular flexibility index (Phi) is 4.68. The minimum Gasteiger partial charge on any atom is -0.481 e. The van der Waals surface area contributed by atoms with Gasteiger partial charge in [0, 0.05) is 16.2 Å². The predicted octanol–water partition coefficient (Wildman–Crippen LogP) is 2.42. The summed E-state index contributed by atoms with van der Waals surface area (Å²) >= 11 is 1.23. The molecule has 0 bridgehead atoms. The van der Waals surface area contributed by atoms with Crippen LogP contribution in [-0.2, 0) is 4.79 Å². The molecule has 0 radical (unpaired) electrons. The normalized spacial score (nSPS) is 11.6. The smallest absolute Gasteiger partial charge is 0.304 e. The highest BCUT2D eigenvalue weighted by Gasteiger charge is 2.16. The summed E-state index contributed by atoms with van der Waals surface area (Å²) in [5, 5.41) is 27.9. The van der Waals surface area contributed by atoms with Crippen molar-refractivity contribution in [2.24, 2.45) is 0 Å². The molecule has 7 heteroatoms. The second kappa shape index (κ2) is 6.02. The molecule has 0 spiro atoms. The van der Waals surface area contributed by atoms with Gasteiger partial charge in [0.2, 0.25) is 0 Å². The van der Waals surface area contributed by atoms with Crippen molar-refractivity contribution < 1.29 is 14.8 Å². The number of carbonyl (C=O) groups is 1. The van der Waals surface area contributed by atoms with E-state index >= 15 is 0 Å². The lowest BCUT2D eigenvalue weighted by Gasteiger charge is -2.08. The van der Waals surface area contributed by atoms with E-state index in [2.05, 4.69) is 0 Å². The van der Waals surface area contributed by atoms with Gasteiger partial charge in [0.25, 0.3) is 5.69 Å². The molecule has 0 aliphatic rings. The van der Waals surface area contributed by atoms with Crippen molar-refractivity contribution in [3.63, 3.8) is 0 Å². The quantitative estimate of drug-likeness (QED) is 0.498. The summed E-state index contributed by atoms with van der Waals surface area (Å²) in [4.78, 5) is 21.2. The maximum Gasteiger partial charge on any atom is 0.304 e. The Hall–Kier alpha value is -2.07. The first-order chi connectivity index (χ1) is 8.43. The summed E-state index contributed by atoms with van der Waals surface area (Å²) in [5.41, 5.74) is -0.264. The molecule has 0 saturated carbocycles. The van der Waals surface area contributed by atoms with E-state index in [1.807, 2.05) is 0 Å². The molecule has 0 fully saturated rings. The van der Waals surface area contributed by atoms with E-state index in [1.165, 1.54) is 23.9 Å². The van der Waals surface area contributed by atoms with Gasteiger partial charge in [0.1, 0.15) is 11.6 Å². The number of carboxylic acids is 1. The summed E-state index contributed by atoms with van der Waals surface area (Å²) in [6.07, 6.45) is -0.0293. The van der Waals surface area contributed by atoms with Gasteiger partial charge in [-0.1, -0.05) is 6.92 Å². The van der Waals surface area contributed by atoms with Crippen molar-refractivity contribution in [3.8, 4) is 6.07 Å². The summed E-state index contributed by atoms with van der Waals surface area (Å²) in [7, 11) is 0. The van der Waals surface area contributed by atoms with Gasteiger partial charge in [-0.3, -0.25) is 14.9 Å². The van der Waals surface area contributed by atoms with Crippen LogP contribution < -0.4 is 0 Å². The number of nitriles is 1. The molecule has 0 amide bonds. The lowest BCUT2D eigenvalue weighted by atomic mass is 10.2. The zero-order valence-corrected chi connectivity index (χ0v) is 10.3. The third-order valence-corrected chi connectivity index (χ3v) is 3.18. The number of nitro groups is 1. The Bertz CT molecular complexity index is 524. The van der Waals surface area contributed by atoms with E-state index in [0.717, 1.165) is 0 Å². The topological polar surface area (TPSA) is 104 Å². The lowest BCUT2D eigenvalue weighted by molar-refractivity contribution is -0.385. The average Bonchev–Trinajstić information content (AvgIpc) is 2.27. The second-order valence-electron chi connectivity index (χ2n) is 3.57. The van der Waals surface area contributed by atoms with Crippen LogP contribution >= 0.6 is 11.8 Å². The fraction of sp³-hybridized carbons (Fsp3) is 0.273. The van der Waals surface area contributed by atoms with Crippen LogP contribution in [0.1, 0.15) is 18.9 Å². The third kappa shape index (κ3) is 3.75. The number of hydrogen-bond acceptors (Lipinski definition) is 5. The van der Waals surface area contributed by atoms with Gasteiger partial charge in [-0.25, -0.2) is 0 Å². The Morgan fingerprint density at radius 1 is 1.67 bits per heavy atom. The predicted molar refractivity (Wildman–Crippen MR) is 65.4 cm³/mol. The summed E-state index contributed by atoms with van der Waals surface area (Å²) in [5.74, 6) is -0.918. The van der Waals surface area contributed by atoms with Gasteiger partial charge in [-0.15, -0.1) is 11.8 Å². The molecule has 1 aromatic rings. The minimum absolute atomic E-state index is 0.00441. The molecule has 1 N–H and O–H groups in total. The molecule has 0 heterocycles. The highest BCUT2D eigenvalue weighted by atomic mass is 32.2. The van der Waals surface area contributed by atoms with Crippen LogP contribution in [0.2, 0.25) is 0 Å². The first-order valence-electron chi connectivity index (χ1n) is 5.01. The van der Waals surface area contributed by atoms with E-state index in [4.69, 9.17) is 10.4 Å². The minimum atomic E-state index is -0.918. The molecule has 1 atom stereocenters. The molecule has 94 valence electrons. The van der Waals surface area contributed by atoms with Crippen molar-refractivity contribution in [2.45, 2.75) is 23.5 Å². The maximum atomic E-state index is 10.7. The van der Waals surface area contributed by atoms with Crippen molar-refractivity contribution in [2.75, 3.05) is 0 Å². The Labute approximate surface area is 107 Å². The largest absolute Gasteiger partial charge is 0.481 e. The number of benzene rings is 1. The maximum absolute atomic E-state index is 10.7. The monoisotopic (exact) mass is 266 g/mol. The Balaban J connectivity index is 2.92. The van der Waals surface area contributed by atoms with Gasteiger partial charge in [-0.2, -0.15) is 5.26 Å². The molecule has 1 aromatic carbocycles. The number of nitro benzene ring substituents is 1. The number of thioether (sulfide) groups is 1. The van der Waals surface area contributed by atoms with Gasteiger partial charge in [0.05, 0.1) is 11.3 Å². The van der Waals surface area contributed by atoms with Crippen molar-refractivity contribution in [1.29, 1.82) is 5.26 Å². The molecule has 0 aliphatic carbocycles. The molecule has 18 heavy (non-hydrogen) atoms. The zero-order chi connectivity index (χ0) is 13.7. The fourth-order valence-electron chi connectivity index (χ4n) is 1.35. The van der Waals surface area contributed by atoms with E-state index in [0.29, 0.717) is 4.90 Å². The molecule has 6 nitrogen and oxygen atoms in total. The Morgan fingerprint density at radius 2 is 2.33 bits per heavy atom. The van der Waals surface area contributed by atoms with E-state index < -0.39 is 10.9 Å². The summed E-state index contributed by atoms with van der Waals surface area (Å²) < 4.78 is 0. The van der Waals surface area contributed by atoms with Gasteiger partial charge in [0.15, 0.2) is 0 Å². The van der Waals surface area contributed by atoms with Crippen molar-refractivity contribution in [3.05, 3.63) is 33.9 Å². The van der Waals surface area contributed by atoms with E-state index in [9.17, 15) is 14.9 Å². The zero-order valence-electron chi connectivity index (χ0n) is 9.49. The number of carboxylic acid groups (broad SMARTS) is 1. The third-order valence-electron chi connectivity index (χ3n) is 2.09. The average molecular weight is 266 g/mol. The molecule has 0 aromatic heterocycles. The van der Waals surface area contributed by atoms with E-state index in [1.54, 1.807) is 19.1 Å². The molecular weight excluding hydrogens is 256 g/mol. The standard InChI is InChI=1S/C11H10N2O4S/c1-7(4-11(14)15)18-9-3-2-8(6-12)10(5-9)13(16)17/h2-3,5,7H,4H2,1H3,(H,14,15). The van der Waals surface area contributed by atoms with Gasteiger partial charge < -0.3 is 5.11 Å². The van der Waals surface area contributed by atoms with Crippen LogP contribution in [-0.4, -0.2) is 21.2 Å². The first kappa shape index (κ1) is 14.0. The molecule has 1 unspecified atom stereocenters. The fourth-order valence-corrected chi connectivity index (χ4v) is 2.37. The first-order valence-corrected chi connectivity index (χ1v) is 5.89. The summed E-state index contributed by atoms with van der Waals surface area (Å²) in [6, 6.07) is 5.98. The highest BCUT2D eigenvalue weighted by Crippen LogP contribution is 2.30. The lowest BCUT2D eigenvalue weighted by Crippen LogP contribution is -2.05. The number of hydrogen-bond donors (Lipinski definition) is 1. The van der Waals surface area contributed by atoms with Gasteiger partial charge in [-0.05, 0) is 12.1 Å². The number of nitrogens with zero attached hydrogens (tertiary/aromatic N) is 2. The van der Waals surface area contributed by atoms with Crippen LogP contribution in [0, 0.1) is 21.4 Å². The van der Waals surface area contributed by atoms with Crippen LogP contribution in [0.15, 0.2) is 23.1 Å². The summed E-state index contributed by atoms with van der Waals surface area (Å²) in [6.45, 7) is 1.73. The number of aliphatic carboxylic acids is 1. The van der Waals surface area contributed by atoms with Crippen LogP contribution in [0.5, 0.6) is 0 Å². The molecule has 1 rings (SSSR count). The van der Waals surface area contributed by atoms with Crippen molar-refractivity contribution in [1.82, 2.24) is 0 Å². The molecular formula is C11H10N2O4S. The van der Waals surface area contributed by atoms with Crippen molar-refractivity contribution >= 4 is 23.4 Å².